The first-order valence-electron chi connectivity index (χ1n) is 11.0. The predicted octanol–water partition coefficient (Wildman–Crippen LogP) is 5.69. The van der Waals surface area contributed by atoms with Gasteiger partial charge in [0.15, 0.2) is 0 Å². The highest BCUT2D eigenvalue weighted by atomic mass is 35.5. The molecule has 1 fully saturated rings. The summed E-state index contributed by atoms with van der Waals surface area (Å²) in [6.07, 6.45) is 6.93. The molecule has 0 bridgehead atoms. The monoisotopic (exact) mass is 421 g/mol. The maximum atomic E-state index is 11.4. The molecular weight excluding hydrogens is 394 g/mol. The van der Waals surface area contributed by atoms with E-state index >= 15 is 0 Å². The van der Waals surface area contributed by atoms with Crippen molar-refractivity contribution >= 4 is 34.1 Å². The number of carbonyl (C=O) groups excluding carboxylic acids is 1. The van der Waals surface area contributed by atoms with Crippen molar-refractivity contribution in [3.05, 3.63) is 64.3 Å². The molecule has 3 aromatic rings. The number of anilines is 1. The van der Waals surface area contributed by atoms with E-state index in [4.69, 9.17) is 11.6 Å². The van der Waals surface area contributed by atoms with E-state index in [0.717, 1.165) is 42.3 Å². The van der Waals surface area contributed by atoms with Gasteiger partial charge in [0.05, 0.1) is 0 Å². The average molecular weight is 422 g/mol. The van der Waals surface area contributed by atoms with Crippen LogP contribution in [-0.4, -0.2) is 35.4 Å². The van der Waals surface area contributed by atoms with Gasteiger partial charge in [0, 0.05) is 41.3 Å². The minimum Gasteiger partial charge on any atom is -0.361 e. The smallest absolute Gasteiger partial charge is 0.221 e. The quantitative estimate of drug-likeness (QED) is 0.568. The second kappa shape index (κ2) is 8.09. The lowest BCUT2D eigenvalue weighted by molar-refractivity contribution is -0.114. The van der Waals surface area contributed by atoms with E-state index in [-0.39, 0.29) is 5.91 Å². The highest BCUT2D eigenvalue weighted by Gasteiger charge is 2.28. The van der Waals surface area contributed by atoms with Crippen LogP contribution in [-0.2, 0) is 11.2 Å². The highest BCUT2D eigenvalue weighted by molar-refractivity contribution is 6.31. The summed E-state index contributed by atoms with van der Waals surface area (Å²) in [6.45, 7) is 4.97. The summed E-state index contributed by atoms with van der Waals surface area (Å²) in [5.74, 6) is 1.17. The standard InChI is InChI=1S/C25H28ClN3O/c1-16(30)28-21-6-4-17-2-3-19(23(17)13-21)15-29-10-8-18(9-11-29)24-14-27-25-12-20(26)5-7-22(24)25/h4-7,12-14,18-19,27H,2-3,8-11,15H2,1H3,(H,28,30). The highest BCUT2D eigenvalue weighted by Crippen LogP contribution is 2.38. The van der Waals surface area contributed by atoms with Crippen molar-refractivity contribution in [2.75, 3.05) is 25.0 Å². The van der Waals surface area contributed by atoms with Gasteiger partial charge in [-0.3, -0.25) is 4.79 Å². The molecular formula is C25H28ClN3O. The molecule has 1 unspecified atom stereocenters. The number of aryl methyl sites for hydroxylation is 1. The fourth-order valence-corrected chi connectivity index (χ4v) is 5.53. The molecule has 0 radical (unpaired) electrons. The number of amides is 1. The number of carbonyl (C=O) groups is 1. The minimum absolute atomic E-state index is 0.00822. The summed E-state index contributed by atoms with van der Waals surface area (Å²) >= 11 is 6.14. The van der Waals surface area contributed by atoms with Crippen molar-refractivity contribution in [3.8, 4) is 0 Å². The largest absolute Gasteiger partial charge is 0.361 e. The molecule has 1 aromatic heterocycles. The Morgan fingerprint density at radius 3 is 2.77 bits per heavy atom. The van der Waals surface area contributed by atoms with Crippen molar-refractivity contribution in [1.29, 1.82) is 0 Å². The molecule has 2 aromatic carbocycles. The van der Waals surface area contributed by atoms with Crippen molar-refractivity contribution in [2.45, 2.75) is 44.4 Å². The van der Waals surface area contributed by atoms with E-state index in [1.54, 1.807) is 6.92 Å². The van der Waals surface area contributed by atoms with Crippen LogP contribution in [0.25, 0.3) is 10.9 Å². The van der Waals surface area contributed by atoms with E-state index in [9.17, 15) is 4.79 Å². The Labute approximate surface area is 182 Å². The molecule has 156 valence electrons. The Kier molecular flexibility index (Phi) is 5.30. The number of piperidine rings is 1. The molecule has 5 rings (SSSR count). The third kappa shape index (κ3) is 3.86. The molecule has 2 aliphatic rings. The van der Waals surface area contributed by atoms with Crippen LogP contribution in [0.3, 0.4) is 0 Å². The van der Waals surface area contributed by atoms with Gasteiger partial charge in [0.2, 0.25) is 5.91 Å². The SMILES string of the molecule is CC(=O)Nc1ccc2c(c1)C(CN1CCC(c3c[nH]c4cc(Cl)ccc34)CC1)CC2. The second-order valence-corrected chi connectivity index (χ2v) is 9.28. The summed E-state index contributed by atoms with van der Waals surface area (Å²) in [5, 5.41) is 5.03. The number of benzene rings is 2. The fourth-order valence-electron chi connectivity index (χ4n) is 5.36. The number of hydrogen-bond donors (Lipinski definition) is 2. The first-order chi connectivity index (χ1) is 14.6. The lowest BCUT2D eigenvalue weighted by atomic mass is 9.88. The lowest BCUT2D eigenvalue weighted by Gasteiger charge is -2.33. The molecule has 5 heteroatoms. The van der Waals surface area contributed by atoms with Crippen LogP contribution >= 0.6 is 11.6 Å². The molecule has 30 heavy (non-hydrogen) atoms. The maximum Gasteiger partial charge on any atom is 0.221 e. The molecule has 1 saturated heterocycles. The number of aromatic nitrogens is 1. The van der Waals surface area contributed by atoms with E-state index in [2.05, 4.69) is 39.6 Å². The Morgan fingerprint density at radius 1 is 1.13 bits per heavy atom. The molecule has 1 atom stereocenters. The third-order valence-electron chi connectivity index (χ3n) is 6.85. The molecule has 0 saturated carbocycles. The number of H-pyrrole nitrogens is 1. The molecule has 1 amide bonds. The number of halogens is 1. The van der Waals surface area contributed by atoms with Gasteiger partial charge in [-0.15, -0.1) is 0 Å². The zero-order valence-corrected chi connectivity index (χ0v) is 18.1. The van der Waals surface area contributed by atoms with Gasteiger partial charge in [0.25, 0.3) is 0 Å². The fraction of sp³-hybridized carbons (Fsp3) is 0.400. The Hall–Kier alpha value is -2.30. The second-order valence-electron chi connectivity index (χ2n) is 8.84. The van der Waals surface area contributed by atoms with E-state index < -0.39 is 0 Å². The van der Waals surface area contributed by atoms with Crippen LogP contribution in [0.4, 0.5) is 5.69 Å². The normalized spacial score (nSPS) is 19.9. The number of aromatic amines is 1. The van der Waals surface area contributed by atoms with Crippen LogP contribution < -0.4 is 5.32 Å². The van der Waals surface area contributed by atoms with Gasteiger partial charge in [-0.2, -0.15) is 0 Å². The number of rotatable bonds is 4. The minimum atomic E-state index is -0.00822. The van der Waals surface area contributed by atoms with Crippen LogP contribution in [0.1, 0.15) is 54.7 Å². The molecule has 1 aliphatic carbocycles. The number of nitrogens with zero attached hydrogens (tertiary/aromatic N) is 1. The van der Waals surface area contributed by atoms with Gasteiger partial charge in [-0.05, 0) is 91.6 Å². The van der Waals surface area contributed by atoms with Crippen molar-refractivity contribution in [2.24, 2.45) is 0 Å². The predicted molar refractivity (Wildman–Crippen MR) is 124 cm³/mol. The van der Waals surface area contributed by atoms with Crippen molar-refractivity contribution < 1.29 is 4.79 Å². The zero-order valence-electron chi connectivity index (χ0n) is 17.4. The number of fused-ring (bicyclic) bond motifs is 2. The maximum absolute atomic E-state index is 11.4. The topological polar surface area (TPSA) is 48.1 Å². The van der Waals surface area contributed by atoms with Crippen molar-refractivity contribution in [3.63, 3.8) is 0 Å². The van der Waals surface area contributed by atoms with Crippen LogP contribution in [0.5, 0.6) is 0 Å². The summed E-state index contributed by atoms with van der Waals surface area (Å²) < 4.78 is 0. The van der Waals surface area contributed by atoms with Crippen molar-refractivity contribution in [1.82, 2.24) is 9.88 Å². The van der Waals surface area contributed by atoms with Crippen LogP contribution in [0.15, 0.2) is 42.6 Å². The van der Waals surface area contributed by atoms with Gasteiger partial charge in [-0.25, -0.2) is 0 Å². The summed E-state index contributed by atoms with van der Waals surface area (Å²) in [6, 6.07) is 12.6. The average Bonchev–Trinajstić information content (AvgIpc) is 3.32. The van der Waals surface area contributed by atoms with E-state index in [1.807, 2.05) is 18.2 Å². The first-order valence-corrected chi connectivity index (χ1v) is 11.3. The molecule has 2 heterocycles. The number of hydrogen-bond acceptors (Lipinski definition) is 2. The Morgan fingerprint density at radius 2 is 1.97 bits per heavy atom. The molecule has 0 spiro atoms. The number of nitrogens with one attached hydrogen (secondary N) is 2. The first kappa shape index (κ1) is 19.7. The molecule has 2 N–H and O–H groups in total. The van der Waals surface area contributed by atoms with Crippen LogP contribution in [0, 0.1) is 0 Å². The van der Waals surface area contributed by atoms with Gasteiger partial charge < -0.3 is 15.2 Å². The third-order valence-corrected chi connectivity index (χ3v) is 7.09. The van der Waals surface area contributed by atoms with Gasteiger partial charge >= 0.3 is 0 Å². The summed E-state index contributed by atoms with van der Waals surface area (Å²) in [7, 11) is 0. The number of likely N-dealkylation sites (tertiary alicyclic amines) is 1. The molecule has 4 nitrogen and oxygen atoms in total. The zero-order chi connectivity index (χ0) is 20.7. The summed E-state index contributed by atoms with van der Waals surface area (Å²) in [4.78, 5) is 17.4. The van der Waals surface area contributed by atoms with E-state index in [0.29, 0.717) is 11.8 Å². The van der Waals surface area contributed by atoms with Crippen LogP contribution in [0.2, 0.25) is 5.02 Å². The summed E-state index contributed by atoms with van der Waals surface area (Å²) in [5.41, 5.74) is 6.37. The lowest BCUT2D eigenvalue weighted by Crippen LogP contribution is -2.35. The Balaban J connectivity index is 1.24. The van der Waals surface area contributed by atoms with Gasteiger partial charge in [-0.1, -0.05) is 23.7 Å². The van der Waals surface area contributed by atoms with Gasteiger partial charge in [0.1, 0.15) is 0 Å². The van der Waals surface area contributed by atoms with E-state index in [1.165, 1.54) is 41.3 Å². The Bertz CT molecular complexity index is 1080. The molecule has 1 aliphatic heterocycles.